The highest BCUT2D eigenvalue weighted by Crippen LogP contribution is 2.43. The van der Waals surface area contributed by atoms with E-state index in [0.29, 0.717) is 23.7 Å². The van der Waals surface area contributed by atoms with Crippen molar-refractivity contribution in [1.29, 1.82) is 0 Å². The third-order valence-corrected chi connectivity index (χ3v) is 5.65. The fourth-order valence-corrected chi connectivity index (χ4v) is 3.98. The second-order valence-corrected chi connectivity index (χ2v) is 7.46. The van der Waals surface area contributed by atoms with E-state index in [0.717, 1.165) is 6.42 Å². The molecule has 4 N–H and O–H groups in total. The molecule has 2 atom stereocenters. The maximum atomic E-state index is 15.2. The number of fused-ring (bicyclic) bond motifs is 1. The van der Waals surface area contributed by atoms with Crippen molar-refractivity contribution in [2.75, 3.05) is 11.1 Å². The van der Waals surface area contributed by atoms with Crippen molar-refractivity contribution in [3.05, 3.63) is 64.2 Å². The Kier molecular flexibility index (Phi) is 4.23. The number of benzene rings is 2. The van der Waals surface area contributed by atoms with Gasteiger partial charge in [0.05, 0.1) is 27.8 Å². The number of pyridine rings is 1. The minimum Gasteiger partial charge on any atom is -0.396 e. The normalized spacial score (nSPS) is 17.9. The number of nitrogens with two attached hydrogens (primary N) is 1. The van der Waals surface area contributed by atoms with Crippen molar-refractivity contribution in [3.63, 3.8) is 0 Å². The van der Waals surface area contributed by atoms with Crippen LogP contribution in [0.15, 0.2) is 47.4 Å². The number of rotatable bonds is 5. The summed E-state index contributed by atoms with van der Waals surface area (Å²) in [7, 11) is 0. The molecule has 2 aromatic carbocycles. The molecule has 0 spiro atoms. The molecule has 1 aliphatic carbocycles. The largest absolute Gasteiger partial charge is 0.396 e. The van der Waals surface area contributed by atoms with Crippen LogP contribution in [0.25, 0.3) is 22.3 Å². The number of tetrazole rings is 1. The Labute approximate surface area is 170 Å². The van der Waals surface area contributed by atoms with Crippen LogP contribution in [-0.4, -0.2) is 31.2 Å². The van der Waals surface area contributed by atoms with Gasteiger partial charge in [-0.2, -0.15) is 0 Å². The monoisotopic (exact) mass is 405 g/mol. The lowest BCUT2D eigenvalue weighted by molar-refractivity contribution is 0.635. The highest BCUT2D eigenvalue weighted by Gasteiger charge is 2.39. The molecule has 9 heteroatoms. The van der Waals surface area contributed by atoms with Crippen LogP contribution in [0, 0.1) is 5.82 Å². The molecular formula is C21H20FN7O. The van der Waals surface area contributed by atoms with E-state index in [1.807, 2.05) is 29.7 Å². The van der Waals surface area contributed by atoms with Gasteiger partial charge in [-0.15, -0.1) is 5.10 Å². The number of aromatic nitrogens is 5. The number of nitrogens with one attached hydrogen (secondary N) is 2. The van der Waals surface area contributed by atoms with Crippen LogP contribution < -0.4 is 16.5 Å². The molecule has 2 aromatic heterocycles. The van der Waals surface area contributed by atoms with E-state index >= 15 is 4.39 Å². The first-order valence-corrected chi connectivity index (χ1v) is 9.79. The molecular weight excluding hydrogens is 385 g/mol. The van der Waals surface area contributed by atoms with Crippen molar-refractivity contribution in [2.45, 2.75) is 31.8 Å². The van der Waals surface area contributed by atoms with E-state index < -0.39 is 11.2 Å². The summed E-state index contributed by atoms with van der Waals surface area (Å²) in [6, 6.07) is 11.9. The number of nitrogen functional groups attached to an aromatic ring is 1. The summed E-state index contributed by atoms with van der Waals surface area (Å²) in [4.78, 5) is 13.1. The maximum Gasteiger partial charge on any atom is 0.202 e. The number of aryl methyl sites for hydroxylation is 1. The van der Waals surface area contributed by atoms with Crippen molar-refractivity contribution in [2.24, 2.45) is 0 Å². The molecule has 8 nitrogen and oxygen atoms in total. The average Bonchev–Trinajstić information content (AvgIpc) is 3.31. The molecule has 0 bridgehead atoms. The summed E-state index contributed by atoms with van der Waals surface area (Å²) in [5.41, 5.74) is 7.87. The third-order valence-electron chi connectivity index (χ3n) is 5.65. The molecule has 5 rings (SSSR count). The third kappa shape index (κ3) is 2.90. The molecule has 2 unspecified atom stereocenters. The summed E-state index contributed by atoms with van der Waals surface area (Å²) in [5, 5.41) is 16.8. The molecule has 0 radical (unpaired) electrons. The standard InChI is InChI=1S/C21H20FN7O/c1-2-29-10-13(21-25-27-28-26-21)20(30)17-16(29)9-15(18(22)19(17)23)24-14-8-12(14)11-6-4-3-5-7-11/h3-7,9-10,12,14,24H,2,8,23H2,1H3,(H,25,26,27,28). The Morgan fingerprint density at radius 1 is 1.33 bits per heavy atom. The van der Waals surface area contributed by atoms with Crippen LogP contribution in [0.2, 0.25) is 0 Å². The Bertz CT molecular complexity index is 1280. The first-order chi connectivity index (χ1) is 14.6. The van der Waals surface area contributed by atoms with Crippen LogP contribution in [0.5, 0.6) is 0 Å². The van der Waals surface area contributed by atoms with Crippen LogP contribution in [-0.2, 0) is 6.54 Å². The summed E-state index contributed by atoms with van der Waals surface area (Å²) in [5.74, 6) is -0.0687. The summed E-state index contributed by atoms with van der Waals surface area (Å²) in [6.45, 7) is 2.50. The maximum absolute atomic E-state index is 15.2. The van der Waals surface area contributed by atoms with E-state index in [2.05, 4.69) is 38.1 Å². The number of anilines is 2. The number of aromatic amines is 1. The van der Waals surface area contributed by atoms with Gasteiger partial charge in [-0.05, 0) is 35.4 Å². The summed E-state index contributed by atoms with van der Waals surface area (Å²) in [6.07, 6.45) is 2.58. The van der Waals surface area contributed by atoms with Crippen molar-refractivity contribution < 1.29 is 4.39 Å². The number of nitrogens with zero attached hydrogens (tertiary/aromatic N) is 4. The zero-order valence-corrected chi connectivity index (χ0v) is 16.3. The Hall–Kier alpha value is -3.75. The number of H-pyrrole nitrogens is 1. The fourth-order valence-electron chi connectivity index (χ4n) is 3.98. The highest BCUT2D eigenvalue weighted by molar-refractivity contribution is 5.96. The predicted octanol–water partition coefficient (Wildman–Crippen LogP) is 2.89. The van der Waals surface area contributed by atoms with Crippen LogP contribution in [0.1, 0.15) is 24.8 Å². The predicted molar refractivity (Wildman–Crippen MR) is 113 cm³/mol. The fraction of sp³-hybridized carbons (Fsp3) is 0.238. The lowest BCUT2D eigenvalue weighted by Crippen LogP contribution is -2.16. The Balaban J connectivity index is 1.58. The second kappa shape index (κ2) is 6.94. The zero-order valence-electron chi connectivity index (χ0n) is 16.3. The second-order valence-electron chi connectivity index (χ2n) is 7.46. The van der Waals surface area contributed by atoms with Crippen molar-refractivity contribution in [1.82, 2.24) is 25.2 Å². The first-order valence-electron chi connectivity index (χ1n) is 9.79. The van der Waals surface area contributed by atoms with Gasteiger partial charge in [-0.3, -0.25) is 4.79 Å². The van der Waals surface area contributed by atoms with Crippen LogP contribution >= 0.6 is 0 Å². The Morgan fingerprint density at radius 2 is 2.13 bits per heavy atom. The van der Waals surface area contributed by atoms with E-state index in [-0.39, 0.29) is 28.5 Å². The summed E-state index contributed by atoms with van der Waals surface area (Å²) >= 11 is 0. The lowest BCUT2D eigenvalue weighted by atomic mass is 10.1. The van der Waals surface area contributed by atoms with Crippen molar-refractivity contribution in [3.8, 4) is 11.4 Å². The quantitative estimate of drug-likeness (QED) is 0.440. The molecule has 0 amide bonds. The molecule has 4 aromatic rings. The smallest absolute Gasteiger partial charge is 0.202 e. The molecule has 152 valence electrons. The molecule has 1 saturated carbocycles. The molecule has 0 aliphatic heterocycles. The first kappa shape index (κ1) is 18.3. The number of hydrogen-bond acceptors (Lipinski definition) is 6. The van der Waals surface area contributed by atoms with Gasteiger partial charge in [-0.25, -0.2) is 9.49 Å². The van der Waals surface area contributed by atoms with Gasteiger partial charge in [-0.1, -0.05) is 30.3 Å². The van der Waals surface area contributed by atoms with Gasteiger partial charge in [0.25, 0.3) is 0 Å². The lowest BCUT2D eigenvalue weighted by Gasteiger charge is -2.16. The number of hydrogen-bond donors (Lipinski definition) is 3. The molecule has 30 heavy (non-hydrogen) atoms. The van der Waals surface area contributed by atoms with Gasteiger partial charge in [0, 0.05) is 24.7 Å². The van der Waals surface area contributed by atoms with Crippen LogP contribution in [0.4, 0.5) is 15.8 Å². The van der Waals surface area contributed by atoms with E-state index in [1.54, 1.807) is 12.3 Å². The minimum absolute atomic E-state index is 0.125. The summed E-state index contributed by atoms with van der Waals surface area (Å²) < 4.78 is 17.0. The average molecular weight is 405 g/mol. The van der Waals surface area contributed by atoms with Gasteiger partial charge in [0.1, 0.15) is 0 Å². The SMILES string of the molecule is CCn1cc(-c2nnn[nH]2)c(=O)c2c(N)c(F)c(NC3CC3c3ccccc3)cc21. The van der Waals surface area contributed by atoms with E-state index in [4.69, 9.17) is 5.73 Å². The van der Waals surface area contributed by atoms with Crippen LogP contribution in [0.3, 0.4) is 0 Å². The van der Waals surface area contributed by atoms with Gasteiger partial charge in [0.15, 0.2) is 11.6 Å². The zero-order chi connectivity index (χ0) is 20.8. The molecule has 1 fully saturated rings. The van der Waals surface area contributed by atoms with E-state index in [1.165, 1.54) is 5.56 Å². The minimum atomic E-state index is -0.617. The molecule has 2 heterocycles. The number of halogens is 1. The van der Waals surface area contributed by atoms with Gasteiger partial charge >= 0.3 is 0 Å². The Morgan fingerprint density at radius 3 is 2.83 bits per heavy atom. The van der Waals surface area contributed by atoms with Crippen molar-refractivity contribution >= 4 is 22.3 Å². The topological polar surface area (TPSA) is 115 Å². The van der Waals surface area contributed by atoms with E-state index in [9.17, 15) is 4.79 Å². The van der Waals surface area contributed by atoms with Gasteiger partial charge in [0.2, 0.25) is 5.43 Å². The van der Waals surface area contributed by atoms with Gasteiger partial charge < -0.3 is 15.6 Å². The molecule has 1 aliphatic rings. The highest BCUT2D eigenvalue weighted by atomic mass is 19.1. The molecule has 0 saturated heterocycles.